The first-order valence-electron chi connectivity index (χ1n) is 8.91. The molecule has 0 aliphatic rings. The number of aromatic nitrogens is 4. The van der Waals surface area contributed by atoms with Gasteiger partial charge in [0.05, 0.1) is 5.75 Å². The maximum Gasteiger partial charge on any atom is 0.235 e. The number of anilines is 1. The largest absolute Gasteiger partial charge is 0.320 e. The van der Waals surface area contributed by atoms with Crippen LogP contribution in [0.5, 0.6) is 0 Å². The van der Waals surface area contributed by atoms with Gasteiger partial charge in [-0.05, 0) is 36.4 Å². The van der Waals surface area contributed by atoms with Gasteiger partial charge in [-0.15, -0.1) is 10.2 Å². The zero-order chi connectivity index (χ0) is 20.9. The molecule has 4 rings (SSSR count). The van der Waals surface area contributed by atoms with E-state index in [0.717, 1.165) is 35.1 Å². The molecule has 1 amide bonds. The van der Waals surface area contributed by atoms with Crippen LogP contribution in [0.3, 0.4) is 0 Å². The highest BCUT2D eigenvalue weighted by Gasteiger charge is 2.18. The van der Waals surface area contributed by atoms with Crippen LogP contribution in [0.25, 0.3) is 17.1 Å². The van der Waals surface area contributed by atoms with Crippen LogP contribution in [-0.4, -0.2) is 31.4 Å². The van der Waals surface area contributed by atoms with Crippen molar-refractivity contribution in [1.29, 1.82) is 0 Å². The third-order valence-electron chi connectivity index (χ3n) is 4.15. The highest BCUT2D eigenvalue weighted by Crippen LogP contribution is 2.28. The van der Waals surface area contributed by atoms with Crippen LogP contribution < -0.4 is 5.32 Å². The van der Waals surface area contributed by atoms with Gasteiger partial charge >= 0.3 is 0 Å². The van der Waals surface area contributed by atoms with Crippen LogP contribution in [-0.2, 0) is 4.79 Å². The molecule has 150 valence electrons. The Hall–Kier alpha value is -3.59. The molecular formula is C21H15F2N5OS. The summed E-state index contributed by atoms with van der Waals surface area (Å²) in [6.45, 7) is 0. The number of para-hydroxylation sites is 2. The van der Waals surface area contributed by atoms with Crippen LogP contribution in [0.4, 0.5) is 14.5 Å². The molecule has 2 aromatic carbocycles. The zero-order valence-electron chi connectivity index (χ0n) is 15.5. The number of hydrogen-bond acceptors (Lipinski definition) is 5. The molecule has 0 spiro atoms. The minimum absolute atomic E-state index is 0.102. The topological polar surface area (TPSA) is 72.7 Å². The van der Waals surface area contributed by atoms with Gasteiger partial charge in [0, 0.05) is 23.6 Å². The molecule has 0 bridgehead atoms. The number of nitrogens with zero attached hydrogens (tertiary/aromatic N) is 4. The molecule has 0 radical (unpaired) electrons. The van der Waals surface area contributed by atoms with Crippen LogP contribution in [0.1, 0.15) is 0 Å². The van der Waals surface area contributed by atoms with E-state index in [1.54, 1.807) is 12.4 Å². The summed E-state index contributed by atoms with van der Waals surface area (Å²) in [6, 6.07) is 16.5. The van der Waals surface area contributed by atoms with Crippen molar-refractivity contribution >= 4 is 23.4 Å². The van der Waals surface area contributed by atoms with Gasteiger partial charge in [0.2, 0.25) is 5.91 Å². The van der Waals surface area contributed by atoms with Crippen molar-refractivity contribution in [2.24, 2.45) is 0 Å². The Kier molecular flexibility index (Phi) is 5.80. The summed E-state index contributed by atoms with van der Waals surface area (Å²) in [4.78, 5) is 16.3. The molecule has 2 aromatic heterocycles. The molecule has 1 N–H and O–H groups in total. The van der Waals surface area contributed by atoms with Gasteiger partial charge in [0.1, 0.15) is 17.3 Å². The Balaban J connectivity index is 1.59. The van der Waals surface area contributed by atoms with Crippen LogP contribution >= 0.6 is 11.8 Å². The summed E-state index contributed by atoms with van der Waals surface area (Å²) in [7, 11) is 0. The van der Waals surface area contributed by atoms with Crippen molar-refractivity contribution in [2.45, 2.75) is 5.16 Å². The van der Waals surface area contributed by atoms with Crippen LogP contribution in [0.2, 0.25) is 0 Å². The predicted molar refractivity (Wildman–Crippen MR) is 110 cm³/mol. The third-order valence-corrected chi connectivity index (χ3v) is 5.07. The van der Waals surface area contributed by atoms with Gasteiger partial charge < -0.3 is 5.32 Å². The minimum atomic E-state index is -0.833. The molecule has 9 heteroatoms. The predicted octanol–water partition coefficient (Wildman–Crippen LogP) is 4.34. The van der Waals surface area contributed by atoms with Gasteiger partial charge in [-0.25, -0.2) is 8.78 Å². The minimum Gasteiger partial charge on any atom is -0.320 e. The Bertz CT molecular complexity index is 1150. The fourth-order valence-corrected chi connectivity index (χ4v) is 3.54. The van der Waals surface area contributed by atoms with Gasteiger partial charge in [0.25, 0.3) is 0 Å². The Morgan fingerprint density at radius 3 is 2.33 bits per heavy atom. The monoisotopic (exact) mass is 423 g/mol. The summed E-state index contributed by atoms with van der Waals surface area (Å²) in [5.74, 6) is -1.74. The second kappa shape index (κ2) is 8.83. The van der Waals surface area contributed by atoms with E-state index in [2.05, 4.69) is 20.5 Å². The number of carbonyl (C=O) groups is 1. The van der Waals surface area contributed by atoms with E-state index in [1.807, 2.05) is 47.0 Å². The van der Waals surface area contributed by atoms with E-state index in [9.17, 15) is 13.6 Å². The van der Waals surface area contributed by atoms with Gasteiger partial charge in [-0.1, -0.05) is 36.0 Å². The number of nitrogens with one attached hydrogen (secondary N) is 1. The maximum atomic E-state index is 13.8. The normalized spacial score (nSPS) is 10.7. The number of halogens is 2. The molecule has 0 atom stereocenters. The molecule has 0 unspecified atom stereocenters. The van der Waals surface area contributed by atoms with Crippen molar-refractivity contribution in [3.63, 3.8) is 0 Å². The lowest BCUT2D eigenvalue weighted by Gasteiger charge is -2.10. The van der Waals surface area contributed by atoms with Crippen molar-refractivity contribution < 1.29 is 13.6 Å². The molecular weight excluding hydrogens is 408 g/mol. The summed E-state index contributed by atoms with van der Waals surface area (Å²) in [5, 5.41) is 11.2. The van der Waals surface area contributed by atoms with Crippen molar-refractivity contribution in [3.8, 4) is 17.1 Å². The van der Waals surface area contributed by atoms with Crippen molar-refractivity contribution in [3.05, 3.63) is 84.7 Å². The Morgan fingerprint density at radius 1 is 0.933 bits per heavy atom. The van der Waals surface area contributed by atoms with Gasteiger partial charge in [-0.2, -0.15) is 0 Å². The summed E-state index contributed by atoms with van der Waals surface area (Å²) >= 11 is 1.11. The van der Waals surface area contributed by atoms with E-state index in [4.69, 9.17) is 0 Å². The zero-order valence-corrected chi connectivity index (χ0v) is 16.3. The highest BCUT2D eigenvalue weighted by atomic mass is 32.2. The smallest absolute Gasteiger partial charge is 0.235 e. The standard InChI is InChI=1S/C21H15F2N5OS/c22-16-7-4-8-17(23)19(16)25-18(29)13-30-21-27-26-20(14-9-11-24-12-10-14)28(21)15-5-2-1-3-6-15/h1-12H,13H2,(H,25,29). The number of carbonyl (C=O) groups excluding carboxylic acids is 1. The number of thioether (sulfide) groups is 1. The molecule has 2 heterocycles. The molecule has 4 aromatic rings. The Labute approximate surface area is 175 Å². The average molecular weight is 423 g/mol. The lowest BCUT2D eigenvalue weighted by atomic mass is 10.2. The molecule has 0 saturated carbocycles. The molecule has 30 heavy (non-hydrogen) atoms. The summed E-state index contributed by atoms with van der Waals surface area (Å²) in [6.07, 6.45) is 3.31. The number of amides is 1. The first-order valence-corrected chi connectivity index (χ1v) is 9.90. The number of pyridine rings is 1. The van der Waals surface area contributed by atoms with Crippen molar-refractivity contribution in [1.82, 2.24) is 19.7 Å². The average Bonchev–Trinajstić information content (AvgIpc) is 3.20. The lowest BCUT2D eigenvalue weighted by molar-refractivity contribution is -0.113. The summed E-state index contributed by atoms with van der Waals surface area (Å²) in [5.41, 5.74) is 1.16. The van der Waals surface area contributed by atoms with Crippen molar-refractivity contribution in [2.75, 3.05) is 11.1 Å². The molecule has 0 fully saturated rings. The highest BCUT2D eigenvalue weighted by molar-refractivity contribution is 7.99. The molecule has 0 aliphatic carbocycles. The molecule has 0 saturated heterocycles. The number of hydrogen-bond donors (Lipinski definition) is 1. The van der Waals surface area contributed by atoms with Gasteiger partial charge in [0.15, 0.2) is 11.0 Å². The van der Waals surface area contributed by atoms with Crippen LogP contribution in [0, 0.1) is 11.6 Å². The van der Waals surface area contributed by atoms with E-state index in [0.29, 0.717) is 11.0 Å². The number of benzene rings is 2. The van der Waals surface area contributed by atoms with E-state index in [-0.39, 0.29) is 5.75 Å². The summed E-state index contributed by atoms with van der Waals surface area (Å²) < 4.78 is 29.3. The second-order valence-corrected chi connectivity index (χ2v) is 7.09. The third kappa shape index (κ3) is 4.20. The fourth-order valence-electron chi connectivity index (χ4n) is 2.78. The Morgan fingerprint density at radius 2 is 1.63 bits per heavy atom. The first kappa shape index (κ1) is 19.7. The molecule has 6 nitrogen and oxygen atoms in total. The molecule has 0 aliphatic heterocycles. The van der Waals surface area contributed by atoms with E-state index < -0.39 is 23.2 Å². The SMILES string of the molecule is O=C(CSc1nnc(-c2ccncc2)n1-c1ccccc1)Nc1c(F)cccc1F. The first-order chi connectivity index (χ1) is 14.6. The van der Waals surface area contributed by atoms with E-state index in [1.165, 1.54) is 6.07 Å². The van der Waals surface area contributed by atoms with Gasteiger partial charge in [-0.3, -0.25) is 14.3 Å². The maximum absolute atomic E-state index is 13.8. The number of rotatable bonds is 6. The fraction of sp³-hybridized carbons (Fsp3) is 0.0476. The van der Waals surface area contributed by atoms with Crippen LogP contribution in [0.15, 0.2) is 78.2 Å². The second-order valence-electron chi connectivity index (χ2n) is 6.15. The quantitative estimate of drug-likeness (QED) is 0.467. The lowest BCUT2D eigenvalue weighted by Crippen LogP contribution is -2.16. The van der Waals surface area contributed by atoms with E-state index >= 15 is 0 Å².